The Bertz CT molecular complexity index is 148. The maximum absolute atomic E-state index is 5.22. The van der Waals surface area contributed by atoms with Crippen LogP contribution in [0, 0.1) is 3.01 Å². The molecule has 1 heterocycles. The minimum atomic E-state index is 0.532. The summed E-state index contributed by atoms with van der Waals surface area (Å²) in [4.78, 5) is 0.532. The van der Waals surface area contributed by atoms with Gasteiger partial charge >= 0.3 is 0 Å². The Balaban J connectivity index is 3.04. The van der Waals surface area contributed by atoms with Gasteiger partial charge in [-0.2, -0.15) is 5.10 Å². The summed E-state index contributed by atoms with van der Waals surface area (Å²) in [6.45, 7) is 0. The average Bonchev–Trinajstić information content (AvgIpc) is 1.87. The zero-order valence-corrected chi connectivity index (χ0v) is 6.23. The van der Waals surface area contributed by atoms with Crippen molar-refractivity contribution >= 4 is 46.7 Å². The van der Waals surface area contributed by atoms with Gasteiger partial charge in [0.25, 0.3) is 0 Å². The Morgan fingerprint density at radius 1 is 1.57 bits per heavy atom. The number of aromatic nitrogens is 2. The highest BCUT2D eigenvalue weighted by atomic mass is 127. The van der Waals surface area contributed by atoms with Crippen LogP contribution >= 0.6 is 33.9 Å². The summed E-state index contributed by atoms with van der Waals surface area (Å²) < 4.78 is 0.884. The molecule has 0 aliphatic carbocycles. The molecule has 0 bridgehead atoms. The van der Waals surface area contributed by atoms with Crippen molar-refractivity contribution in [1.82, 2.24) is 10.2 Å². The smallest absolute Gasteiger partial charge is 0.155 e. The third kappa shape index (κ3) is 1.38. The second-order valence-corrected chi connectivity index (χ2v) is 3.66. The Labute approximate surface area is 59.9 Å². The SMILES string of the molecule is [B]c1nnc(I)s1. The lowest BCUT2D eigenvalue weighted by Crippen LogP contribution is -1.97. The summed E-state index contributed by atoms with van der Waals surface area (Å²) in [5.74, 6) is 0. The summed E-state index contributed by atoms with van der Waals surface area (Å²) in [7, 11) is 5.22. The van der Waals surface area contributed by atoms with Gasteiger partial charge in [0, 0.05) is 0 Å². The Kier molecular flexibility index (Phi) is 1.63. The molecular formula is C2BIN2S. The molecule has 7 heavy (non-hydrogen) atoms. The molecule has 5 heteroatoms. The monoisotopic (exact) mass is 222 g/mol. The zero-order chi connectivity index (χ0) is 5.28. The maximum atomic E-state index is 5.22. The molecule has 0 saturated carbocycles. The van der Waals surface area contributed by atoms with Crippen LogP contribution in [-0.2, 0) is 0 Å². The first kappa shape index (κ1) is 5.49. The summed E-state index contributed by atoms with van der Waals surface area (Å²) >= 11 is 3.45. The van der Waals surface area contributed by atoms with Crippen molar-refractivity contribution < 1.29 is 0 Å². The molecule has 2 radical (unpaired) electrons. The van der Waals surface area contributed by atoms with Gasteiger partial charge in [-0.15, -0.1) is 16.4 Å². The Morgan fingerprint density at radius 3 is 2.43 bits per heavy atom. The van der Waals surface area contributed by atoms with E-state index in [2.05, 4.69) is 32.8 Å². The van der Waals surface area contributed by atoms with E-state index < -0.39 is 0 Å². The summed E-state index contributed by atoms with van der Waals surface area (Å²) in [6.07, 6.45) is 0. The minimum Gasteiger partial charge on any atom is -0.155 e. The van der Waals surface area contributed by atoms with Crippen LogP contribution in [0.4, 0.5) is 0 Å². The van der Waals surface area contributed by atoms with Crippen LogP contribution in [0.15, 0.2) is 0 Å². The van der Waals surface area contributed by atoms with Crippen molar-refractivity contribution in [2.45, 2.75) is 0 Å². The second kappa shape index (κ2) is 2.08. The van der Waals surface area contributed by atoms with Crippen molar-refractivity contribution in [1.29, 1.82) is 0 Å². The van der Waals surface area contributed by atoms with Crippen LogP contribution in [0.5, 0.6) is 0 Å². The first-order valence-corrected chi connectivity index (χ1v) is 3.43. The standard InChI is InChI=1S/C2BIN2S/c3-1-5-6-2(4)7-1. The molecule has 0 atom stereocenters. The van der Waals surface area contributed by atoms with Gasteiger partial charge in [0.15, 0.2) is 10.9 Å². The van der Waals surface area contributed by atoms with Crippen molar-refractivity contribution in [3.63, 3.8) is 0 Å². The molecule has 0 aromatic carbocycles. The van der Waals surface area contributed by atoms with Crippen molar-refractivity contribution in [3.05, 3.63) is 3.01 Å². The number of halogens is 1. The van der Waals surface area contributed by atoms with Crippen molar-refractivity contribution in [2.75, 3.05) is 0 Å². The van der Waals surface area contributed by atoms with E-state index in [0.29, 0.717) is 4.91 Å². The van der Waals surface area contributed by atoms with Gasteiger partial charge in [-0.1, -0.05) is 0 Å². The maximum Gasteiger partial charge on any atom is 0.177 e. The minimum absolute atomic E-state index is 0.532. The highest BCUT2D eigenvalue weighted by Crippen LogP contribution is 2.00. The van der Waals surface area contributed by atoms with Gasteiger partial charge in [0.05, 0.1) is 4.91 Å². The van der Waals surface area contributed by atoms with E-state index in [1.807, 2.05) is 0 Å². The number of hydrogen-bond donors (Lipinski definition) is 0. The molecule has 1 aromatic heterocycles. The topological polar surface area (TPSA) is 25.8 Å². The molecule has 1 rings (SSSR count). The fourth-order valence-corrected chi connectivity index (χ4v) is 1.34. The van der Waals surface area contributed by atoms with E-state index in [4.69, 9.17) is 7.85 Å². The molecule has 0 fully saturated rings. The fourth-order valence-electron chi connectivity index (χ4n) is 0.216. The third-order valence-electron chi connectivity index (χ3n) is 0.416. The molecule has 0 aliphatic heterocycles. The highest BCUT2D eigenvalue weighted by molar-refractivity contribution is 14.1. The number of rotatable bonds is 0. The predicted octanol–water partition coefficient (Wildman–Crippen LogP) is -0.0635. The van der Waals surface area contributed by atoms with Crippen LogP contribution in [0.1, 0.15) is 0 Å². The lowest BCUT2D eigenvalue weighted by molar-refractivity contribution is 1.09. The normalized spacial score (nSPS) is 9.29. The van der Waals surface area contributed by atoms with Gasteiger partial charge in [0.1, 0.15) is 0 Å². The van der Waals surface area contributed by atoms with Crippen LogP contribution in [0.25, 0.3) is 0 Å². The Hall–Kier alpha value is 0.355. The van der Waals surface area contributed by atoms with Crippen LogP contribution < -0.4 is 4.91 Å². The van der Waals surface area contributed by atoms with Crippen molar-refractivity contribution in [3.8, 4) is 0 Å². The molecule has 0 unspecified atom stereocenters. The van der Waals surface area contributed by atoms with Gasteiger partial charge in [0.2, 0.25) is 0 Å². The summed E-state index contributed by atoms with van der Waals surface area (Å²) in [6, 6.07) is 0. The Morgan fingerprint density at radius 2 is 2.29 bits per heavy atom. The number of hydrogen-bond acceptors (Lipinski definition) is 3. The molecular weight excluding hydrogens is 222 g/mol. The molecule has 0 saturated heterocycles. The third-order valence-corrected chi connectivity index (χ3v) is 1.83. The fraction of sp³-hybridized carbons (Fsp3) is 0. The first-order chi connectivity index (χ1) is 3.29. The molecule has 2 nitrogen and oxygen atoms in total. The van der Waals surface area contributed by atoms with Crippen LogP contribution in [0.3, 0.4) is 0 Å². The zero-order valence-electron chi connectivity index (χ0n) is 3.26. The molecule has 34 valence electrons. The van der Waals surface area contributed by atoms with Gasteiger partial charge in [-0.05, 0) is 22.6 Å². The van der Waals surface area contributed by atoms with E-state index in [-0.39, 0.29) is 0 Å². The van der Waals surface area contributed by atoms with Crippen molar-refractivity contribution in [2.24, 2.45) is 0 Å². The first-order valence-electron chi connectivity index (χ1n) is 1.53. The van der Waals surface area contributed by atoms with E-state index in [0.717, 1.165) is 3.01 Å². The van der Waals surface area contributed by atoms with Gasteiger partial charge in [-0.25, -0.2) is 0 Å². The second-order valence-electron chi connectivity index (χ2n) is 0.893. The predicted molar refractivity (Wildman–Crippen MR) is 38.0 cm³/mol. The average molecular weight is 222 g/mol. The number of nitrogens with zero attached hydrogens (tertiary/aromatic N) is 2. The summed E-state index contributed by atoms with van der Waals surface area (Å²) in [5, 5.41) is 7.20. The molecule has 0 amide bonds. The molecule has 1 aromatic rings. The molecule has 0 aliphatic rings. The van der Waals surface area contributed by atoms with Gasteiger partial charge in [-0.3, -0.25) is 0 Å². The van der Waals surface area contributed by atoms with E-state index in [9.17, 15) is 0 Å². The lowest BCUT2D eigenvalue weighted by Gasteiger charge is -1.63. The van der Waals surface area contributed by atoms with E-state index >= 15 is 0 Å². The summed E-state index contributed by atoms with van der Waals surface area (Å²) in [5.41, 5.74) is 0. The quantitative estimate of drug-likeness (QED) is 0.453. The van der Waals surface area contributed by atoms with Gasteiger partial charge < -0.3 is 0 Å². The lowest BCUT2D eigenvalue weighted by atomic mass is 10.2. The van der Waals surface area contributed by atoms with Crippen LogP contribution in [-0.4, -0.2) is 18.0 Å². The van der Waals surface area contributed by atoms with E-state index in [1.165, 1.54) is 11.3 Å². The highest BCUT2D eigenvalue weighted by Gasteiger charge is 1.89. The molecule has 0 N–H and O–H groups in total. The van der Waals surface area contributed by atoms with Crippen LogP contribution in [0.2, 0.25) is 0 Å². The van der Waals surface area contributed by atoms with E-state index in [1.54, 1.807) is 0 Å². The largest absolute Gasteiger partial charge is 0.177 e. The molecule has 0 spiro atoms.